The number of nitrogens with two attached hydrogens (primary N) is 1. The Kier molecular flexibility index (Phi) is 4.12. The van der Waals surface area contributed by atoms with Crippen LogP contribution in [0.25, 0.3) is 0 Å². The fourth-order valence-electron chi connectivity index (χ4n) is 1.81. The van der Waals surface area contributed by atoms with Gasteiger partial charge in [-0.05, 0) is 31.0 Å². The fraction of sp³-hybridized carbons (Fsp3) is 0.267. The second kappa shape index (κ2) is 5.80. The van der Waals surface area contributed by atoms with E-state index in [1.54, 1.807) is 24.4 Å². The number of halogens is 1. The van der Waals surface area contributed by atoms with Gasteiger partial charge < -0.3 is 10.5 Å². The first-order valence-electron chi connectivity index (χ1n) is 6.11. The molecule has 2 aromatic rings. The highest BCUT2D eigenvalue weighted by atomic mass is 19.1. The van der Waals surface area contributed by atoms with Crippen LogP contribution in [0.15, 0.2) is 30.5 Å². The molecule has 2 rings (SSSR count). The number of aryl methyl sites for hydroxylation is 1. The molecule has 2 N–H and O–H groups in total. The summed E-state index contributed by atoms with van der Waals surface area (Å²) in [5.41, 5.74) is 9.88. The maximum absolute atomic E-state index is 13.4. The third-order valence-electron chi connectivity index (χ3n) is 3.13. The molecule has 0 aliphatic heterocycles. The number of rotatable bonds is 4. The van der Waals surface area contributed by atoms with Crippen LogP contribution in [0, 0.1) is 19.7 Å². The predicted octanol–water partition coefficient (Wildman–Crippen LogP) is 3.14. The van der Waals surface area contributed by atoms with E-state index in [4.69, 9.17) is 10.5 Å². The molecule has 1 heterocycles. The first-order chi connectivity index (χ1) is 9.09. The Bertz CT molecular complexity index is 584. The molecular weight excluding hydrogens is 243 g/mol. The van der Waals surface area contributed by atoms with E-state index in [2.05, 4.69) is 4.98 Å². The fourth-order valence-corrected chi connectivity index (χ4v) is 1.81. The first kappa shape index (κ1) is 13.5. The van der Waals surface area contributed by atoms with Crippen molar-refractivity contribution in [2.45, 2.75) is 27.1 Å². The third kappa shape index (κ3) is 3.09. The van der Waals surface area contributed by atoms with Crippen molar-refractivity contribution in [2.75, 3.05) is 5.73 Å². The summed E-state index contributed by atoms with van der Waals surface area (Å²) in [5, 5.41) is 0. The third-order valence-corrected chi connectivity index (χ3v) is 3.13. The second-order valence-corrected chi connectivity index (χ2v) is 4.51. The molecule has 0 saturated carbocycles. The van der Waals surface area contributed by atoms with Gasteiger partial charge in [0.25, 0.3) is 0 Å². The molecule has 0 saturated heterocycles. The zero-order valence-corrected chi connectivity index (χ0v) is 11.1. The summed E-state index contributed by atoms with van der Waals surface area (Å²) in [6.45, 7) is 4.38. The molecule has 19 heavy (non-hydrogen) atoms. The number of nitrogen functional groups attached to an aromatic ring is 1. The smallest absolute Gasteiger partial charge is 0.128 e. The number of ether oxygens (including phenoxy) is 1. The molecule has 1 aromatic carbocycles. The number of hydrogen-bond donors (Lipinski definition) is 1. The lowest BCUT2D eigenvalue weighted by Crippen LogP contribution is -2.04. The van der Waals surface area contributed by atoms with E-state index in [1.807, 2.05) is 13.8 Å². The average molecular weight is 260 g/mol. The van der Waals surface area contributed by atoms with Crippen molar-refractivity contribution in [1.82, 2.24) is 4.98 Å². The van der Waals surface area contributed by atoms with E-state index in [0.717, 1.165) is 22.5 Å². The molecule has 4 heteroatoms. The Hall–Kier alpha value is -1.94. The van der Waals surface area contributed by atoms with E-state index >= 15 is 0 Å². The zero-order valence-electron chi connectivity index (χ0n) is 11.1. The van der Waals surface area contributed by atoms with Crippen LogP contribution >= 0.6 is 0 Å². The van der Waals surface area contributed by atoms with Crippen molar-refractivity contribution in [2.24, 2.45) is 0 Å². The van der Waals surface area contributed by atoms with Gasteiger partial charge in [-0.25, -0.2) is 4.39 Å². The molecule has 0 spiro atoms. The summed E-state index contributed by atoms with van der Waals surface area (Å²) in [5.74, 6) is -0.254. The molecule has 0 radical (unpaired) electrons. The van der Waals surface area contributed by atoms with E-state index in [-0.39, 0.29) is 12.4 Å². The van der Waals surface area contributed by atoms with Crippen LogP contribution in [0.1, 0.15) is 22.4 Å². The Labute approximate surface area is 112 Å². The molecule has 100 valence electrons. The van der Waals surface area contributed by atoms with Gasteiger partial charge in [0.1, 0.15) is 5.82 Å². The van der Waals surface area contributed by atoms with Gasteiger partial charge >= 0.3 is 0 Å². The molecule has 3 nitrogen and oxygen atoms in total. The minimum absolute atomic E-state index is 0.224. The minimum atomic E-state index is -0.254. The summed E-state index contributed by atoms with van der Waals surface area (Å²) < 4.78 is 18.9. The van der Waals surface area contributed by atoms with Gasteiger partial charge in [0.05, 0.1) is 18.9 Å². The van der Waals surface area contributed by atoms with Gasteiger partial charge in [0, 0.05) is 17.4 Å². The van der Waals surface area contributed by atoms with Gasteiger partial charge in [0.15, 0.2) is 0 Å². The minimum Gasteiger partial charge on any atom is -0.398 e. The van der Waals surface area contributed by atoms with Crippen LogP contribution < -0.4 is 5.73 Å². The van der Waals surface area contributed by atoms with Gasteiger partial charge in [-0.1, -0.05) is 18.2 Å². The summed E-state index contributed by atoms with van der Waals surface area (Å²) in [4.78, 5) is 4.29. The summed E-state index contributed by atoms with van der Waals surface area (Å²) >= 11 is 0. The van der Waals surface area contributed by atoms with Crippen LogP contribution in [0.3, 0.4) is 0 Å². The average Bonchev–Trinajstić information content (AvgIpc) is 2.41. The van der Waals surface area contributed by atoms with Crippen molar-refractivity contribution >= 4 is 5.69 Å². The summed E-state index contributed by atoms with van der Waals surface area (Å²) in [6.07, 6.45) is 1.73. The van der Waals surface area contributed by atoms with Gasteiger partial charge in [-0.15, -0.1) is 0 Å². The molecule has 0 aliphatic rings. The number of benzene rings is 1. The van der Waals surface area contributed by atoms with E-state index in [0.29, 0.717) is 12.2 Å². The Morgan fingerprint density at radius 1 is 1.21 bits per heavy atom. The highest BCUT2D eigenvalue weighted by molar-refractivity contribution is 5.53. The van der Waals surface area contributed by atoms with Gasteiger partial charge in [-0.3, -0.25) is 4.98 Å². The lowest BCUT2D eigenvalue weighted by atomic mass is 10.1. The lowest BCUT2D eigenvalue weighted by Gasteiger charge is -2.10. The van der Waals surface area contributed by atoms with E-state index in [9.17, 15) is 4.39 Å². The van der Waals surface area contributed by atoms with Gasteiger partial charge in [-0.2, -0.15) is 0 Å². The van der Waals surface area contributed by atoms with Crippen LogP contribution in [0.4, 0.5) is 10.1 Å². The SMILES string of the molecule is Cc1cnc(COCc2ccccc2F)c(C)c1N. The second-order valence-electron chi connectivity index (χ2n) is 4.51. The molecular formula is C15H17FN2O. The molecule has 0 unspecified atom stereocenters. The van der Waals surface area contributed by atoms with Crippen molar-refractivity contribution in [3.8, 4) is 0 Å². The topological polar surface area (TPSA) is 48.1 Å². The number of nitrogens with zero attached hydrogens (tertiary/aromatic N) is 1. The van der Waals surface area contributed by atoms with E-state index < -0.39 is 0 Å². The molecule has 0 aliphatic carbocycles. The molecule has 0 bridgehead atoms. The molecule has 0 amide bonds. The monoisotopic (exact) mass is 260 g/mol. The Balaban J connectivity index is 2.01. The van der Waals surface area contributed by atoms with E-state index in [1.165, 1.54) is 6.07 Å². The number of pyridine rings is 1. The van der Waals surface area contributed by atoms with Crippen molar-refractivity contribution < 1.29 is 9.13 Å². The summed E-state index contributed by atoms with van der Waals surface area (Å²) in [6, 6.07) is 6.57. The molecule has 0 atom stereocenters. The Morgan fingerprint density at radius 2 is 1.95 bits per heavy atom. The summed E-state index contributed by atoms with van der Waals surface area (Å²) in [7, 11) is 0. The predicted molar refractivity (Wildman–Crippen MR) is 73.0 cm³/mol. The molecule has 0 fully saturated rings. The number of aromatic nitrogens is 1. The number of anilines is 1. The van der Waals surface area contributed by atoms with Crippen LogP contribution in [-0.2, 0) is 18.0 Å². The maximum Gasteiger partial charge on any atom is 0.128 e. The highest BCUT2D eigenvalue weighted by Gasteiger charge is 2.07. The van der Waals surface area contributed by atoms with Gasteiger partial charge in [0.2, 0.25) is 0 Å². The first-order valence-corrected chi connectivity index (χ1v) is 6.11. The largest absolute Gasteiger partial charge is 0.398 e. The highest BCUT2D eigenvalue weighted by Crippen LogP contribution is 2.19. The van der Waals surface area contributed by atoms with Crippen LogP contribution in [-0.4, -0.2) is 4.98 Å². The normalized spacial score (nSPS) is 10.7. The lowest BCUT2D eigenvalue weighted by molar-refractivity contribution is 0.102. The maximum atomic E-state index is 13.4. The zero-order chi connectivity index (χ0) is 13.8. The number of hydrogen-bond acceptors (Lipinski definition) is 3. The quantitative estimate of drug-likeness (QED) is 0.918. The van der Waals surface area contributed by atoms with Crippen LogP contribution in [0.2, 0.25) is 0 Å². The Morgan fingerprint density at radius 3 is 2.68 bits per heavy atom. The van der Waals surface area contributed by atoms with Crippen molar-refractivity contribution in [3.63, 3.8) is 0 Å². The standard InChI is InChI=1S/C15H17FN2O/c1-10-7-18-14(11(2)15(10)17)9-19-8-12-5-3-4-6-13(12)16/h3-7H,8-9H2,1-2H3,(H2,17,18). The van der Waals surface area contributed by atoms with Crippen LogP contribution in [0.5, 0.6) is 0 Å². The molecule has 1 aromatic heterocycles. The van der Waals surface area contributed by atoms with Crippen molar-refractivity contribution in [3.05, 3.63) is 58.7 Å². The van der Waals surface area contributed by atoms with Crippen molar-refractivity contribution in [1.29, 1.82) is 0 Å².